The Hall–Kier alpha value is -3.65. The quantitative estimate of drug-likeness (QED) is 0.386. The third-order valence-electron chi connectivity index (χ3n) is 6.59. The number of benzene rings is 2. The van der Waals surface area contributed by atoms with Crippen LogP contribution in [0.25, 0.3) is 11.2 Å². The fraction of sp³-hybridized carbons (Fsp3) is 0.286. The Kier molecular flexibility index (Phi) is 7.32. The molecule has 7 nitrogen and oxygen atoms in total. The Bertz CT molecular complexity index is 1410. The van der Waals surface area contributed by atoms with Crippen LogP contribution in [-0.2, 0) is 17.9 Å². The molecular formula is C28H29N5O2S. The highest BCUT2D eigenvalue weighted by molar-refractivity contribution is 7.98. The summed E-state index contributed by atoms with van der Waals surface area (Å²) in [5.41, 5.74) is 3.14. The number of nitrogens with zero attached hydrogens (tertiary/aromatic N) is 4. The van der Waals surface area contributed by atoms with Crippen LogP contribution in [0.5, 0.6) is 0 Å². The Morgan fingerprint density at radius 2 is 1.86 bits per heavy atom. The molecular weight excluding hydrogens is 470 g/mol. The lowest BCUT2D eigenvalue weighted by Crippen LogP contribution is -2.45. The van der Waals surface area contributed by atoms with Crippen LogP contribution in [0.15, 0.2) is 82.6 Å². The van der Waals surface area contributed by atoms with Crippen LogP contribution in [0, 0.1) is 5.92 Å². The Morgan fingerprint density at radius 1 is 1.06 bits per heavy atom. The van der Waals surface area contributed by atoms with Crippen LogP contribution in [-0.4, -0.2) is 39.8 Å². The maximum Gasteiger partial charge on any atom is 0.295 e. The number of rotatable bonds is 7. The number of aromatic nitrogens is 3. The normalized spacial score (nSPS) is 15.7. The fourth-order valence-electron chi connectivity index (χ4n) is 4.64. The summed E-state index contributed by atoms with van der Waals surface area (Å²) in [6, 6.07) is 21.8. The maximum atomic E-state index is 13.6. The van der Waals surface area contributed by atoms with E-state index in [0.717, 1.165) is 24.0 Å². The molecule has 0 radical (unpaired) electrons. The van der Waals surface area contributed by atoms with Gasteiger partial charge in [0.1, 0.15) is 5.52 Å². The number of fused-ring (bicyclic) bond motifs is 1. The lowest BCUT2D eigenvalue weighted by Gasteiger charge is -2.32. The van der Waals surface area contributed by atoms with Crippen LogP contribution < -0.4 is 15.8 Å². The number of nitrogens with one attached hydrogen (secondary N) is 1. The van der Waals surface area contributed by atoms with Gasteiger partial charge in [0.05, 0.1) is 12.5 Å². The maximum absolute atomic E-state index is 13.6. The van der Waals surface area contributed by atoms with Crippen LogP contribution >= 0.6 is 11.8 Å². The van der Waals surface area contributed by atoms with Gasteiger partial charge < -0.3 is 10.2 Å². The van der Waals surface area contributed by atoms with Gasteiger partial charge in [-0.2, -0.15) is 0 Å². The first kappa shape index (κ1) is 24.1. The van der Waals surface area contributed by atoms with Gasteiger partial charge in [0.15, 0.2) is 11.5 Å². The number of amides is 1. The predicted molar refractivity (Wildman–Crippen MR) is 144 cm³/mol. The van der Waals surface area contributed by atoms with E-state index in [1.54, 1.807) is 22.5 Å². The molecule has 8 heteroatoms. The lowest BCUT2D eigenvalue weighted by molar-refractivity contribution is -0.125. The van der Waals surface area contributed by atoms with Crippen molar-refractivity contribution in [1.29, 1.82) is 0 Å². The molecule has 0 bridgehead atoms. The van der Waals surface area contributed by atoms with E-state index in [0.29, 0.717) is 43.2 Å². The fourth-order valence-corrected chi connectivity index (χ4v) is 5.05. The number of pyridine rings is 1. The van der Waals surface area contributed by atoms with Gasteiger partial charge in [0.2, 0.25) is 5.91 Å². The first-order valence-corrected chi connectivity index (χ1v) is 13.4. The number of carbonyl (C=O) groups is 1. The zero-order valence-corrected chi connectivity index (χ0v) is 21.1. The number of carbonyl (C=O) groups excluding carboxylic acids is 1. The molecule has 1 aliphatic rings. The molecule has 1 aliphatic heterocycles. The highest BCUT2D eigenvalue weighted by Crippen LogP contribution is 2.22. The minimum absolute atomic E-state index is 0.0145. The van der Waals surface area contributed by atoms with E-state index >= 15 is 0 Å². The number of hydrogen-bond acceptors (Lipinski definition) is 6. The average Bonchev–Trinajstić information content (AvgIpc) is 2.94. The topological polar surface area (TPSA) is 80.1 Å². The van der Waals surface area contributed by atoms with Crippen molar-refractivity contribution in [2.24, 2.45) is 5.92 Å². The van der Waals surface area contributed by atoms with Crippen molar-refractivity contribution in [3.8, 4) is 0 Å². The molecule has 184 valence electrons. The first-order chi connectivity index (χ1) is 17.6. The summed E-state index contributed by atoms with van der Waals surface area (Å²) in [5, 5.41) is 3.08. The minimum atomic E-state index is -0.197. The van der Waals surface area contributed by atoms with E-state index in [9.17, 15) is 9.59 Å². The second kappa shape index (κ2) is 11.0. The van der Waals surface area contributed by atoms with Gasteiger partial charge in [0, 0.05) is 30.7 Å². The van der Waals surface area contributed by atoms with Crippen molar-refractivity contribution in [1.82, 2.24) is 19.9 Å². The first-order valence-electron chi connectivity index (χ1n) is 12.2. The van der Waals surface area contributed by atoms with Crippen molar-refractivity contribution >= 4 is 34.7 Å². The van der Waals surface area contributed by atoms with E-state index in [2.05, 4.69) is 22.4 Å². The van der Waals surface area contributed by atoms with Crippen LogP contribution in [0.1, 0.15) is 24.0 Å². The van der Waals surface area contributed by atoms with Crippen LogP contribution in [0.2, 0.25) is 0 Å². The van der Waals surface area contributed by atoms with Gasteiger partial charge in [-0.25, -0.2) is 9.97 Å². The average molecular weight is 500 g/mol. The molecule has 1 fully saturated rings. The van der Waals surface area contributed by atoms with Gasteiger partial charge in [-0.15, -0.1) is 11.8 Å². The molecule has 1 atom stereocenters. The molecule has 5 rings (SSSR count). The number of anilines is 1. The van der Waals surface area contributed by atoms with Crippen molar-refractivity contribution in [3.05, 3.63) is 94.4 Å². The molecule has 2 aromatic carbocycles. The van der Waals surface area contributed by atoms with Gasteiger partial charge in [-0.3, -0.25) is 14.2 Å². The molecule has 1 saturated heterocycles. The smallest absolute Gasteiger partial charge is 0.295 e. The van der Waals surface area contributed by atoms with Gasteiger partial charge >= 0.3 is 0 Å². The van der Waals surface area contributed by atoms with Crippen molar-refractivity contribution in [2.75, 3.05) is 24.2 Å². The summed E-state index contributed by atoms with van der Waals surface area (Å²) in [4.78, 5) is 39.0. The van der Waals surface area contributed by atoms with E-state index in [1.165, 1.54) is 4.90 Å². The van der Waals surface area contributed by atoms with Crippen LogP contribution in [0.4, 0.5) is 5.82 Å². The molecule has 0 unspecified atom stereocenters. The SMILES string of the molecule is CSc1ccc(CNC(=O)[C@@H]2CCCN(c3nc4cccnc4n(Cc4ccccc4)c3=O)C2)cc1. The lowest BCUT2D eigenvalue weighted by atomic mass is 9.97. The zero-order chi connectivity index (χ0) is 24.9. The molecule has 4 aromatic rings. The van der Waals surface area contributed by atoms with Crippen molar-refractivity contribution in [2.45, 2.75) is 30.8 Å². The second-order valence-electron chi connectivity index (χ2n) is 9.01. The largest absolute Gasteiger partial charge is 0.352 e. The summed E-state index contributed by atoms with van der Waals surface area (Å²) in [7, 11) is 0. The Labute approximate surface area is 214 Å². The highest BCUT2D eigenvalue weighted by atomic mass is 32.2. The Balaban J connectivity index is 1.36. The monoisotopic (exact) mass is 499 g/mol. The number of piperidine rings is 1. The number of thioether (sulfide) groups is 1. The van der Waals surface area contributed by atoms with E-state index in [4.69, 9.17) is 4.98 Å². The molecule has 0 aliphatic carbocycles. The third kappa shape index (κ3) is 5.28. The summed E-state index contributed by atoms with van der Waals surface area (Å²) >= 11 is 1.70. The summed E-state index contributed by atoms with van der Waals surface area (Å²) in [5.74, 6) is 0.204. The minimum Gasteiger partial charge on any atom is -0.352 e. The van der Waals surface area contributed by atoms with Gasteiger partial charge in [0.25, 0.3) is 5.56 Å². The van der Waals surface area contributed by atoms with E-state index < -0.39 is 0 Å². The van der Waals surface area contributed by atoms with Gasteiger partial charge in [-0.1, -0.05) is 42.5 Å². The molecule has 0 spiro atoms. The van der Waals surface area contributed by atoms with E-state index in [-0.39, 0.29) is 17.4 Å². The predicted octanol–water partition coefficient (Wildman–Crippen LogP) is 4.09. The summed E-state index contributed by atoms with van der Waals surface area (Å²) < 4.78 is 1.69. The van der Waals surface area contributed by atoms with Crippen LogP contribution in [0.3, 0.4) is 0 Å². The van der Waals surface area contributed by atoms with Gasteiger partial charge in [-0.05, 0) is 54.5 Å². The summed E-state index contributed by atoms with van der Waals surface area (Å²) in [6.07, 6.45) is 5.34. The highest BCUT2D eigenvalue weighted by Gasteiger charge is 2.28. The molecule has 36 heavy (non-hydrogen) atoms. The zero-order valence-electron chi connectivity index (χ0n) is 20.3. The molecule has 1 amide bonds. The number of hydrogen-bond donors (Lipinski definition) is 1. The standard InChI is InChI=1S/C28H29N5O2S/c1-36-23-13-11-20(12-14-23)17-30-27(34)22-9-6-16-32(19-22)26-28(35)33(18-21-7-3-2-4-8-21)25-24(31-26)10-5-15-29-25/h2-5,7-8,10-15,22H,6,9,16-19H2,1H3,(H,30,34)/t22-/m1/s1. The van der Waals surface area contributed by atoms with E-state index in [1.807, 2.05) is 65.8 Å². The van der Waals surface area contributed by atoms with Crippen molar-refractivity contribution < 1.29 is 4.79 Å². The third-order valence-corrected chi connectivity index (χ3v) is 7.33. The second-order valence-corrected chi connectivity index (χ2v) is 9.89. The van der Waals surface area contributed by atoms with Crippen molar-refractivity contribution in [3.63, 3.8) is 0 Å². The molecule has 1 N–H and O–H groups in total. The molecule has 2 aromatic heterocycles. The molecule has 3 heterocycles. The molecule has 0 saturated carbocycles. The Morgan fingerprint density at radius 3 is 2.64 bits per heavy atom. The summed E-state index contributed by atoms with van der Waals surface area (Å²) in [6.45, 7) is 2.07.